The number of hydrogen-bond acceptors (Lipinski definition) is 7. The van der Waals surface area contributed by atoms with E-state index in [1.807, 2.05) is 46.4 Å². The molecule has 0 radical (unpaired) electrons. The minimum Gasteiger partial charge on any atom is -0.490 e. The molecule has 0 bridgehead atoms. The number of hydrogen-bond donors (Lipinski definition) is 2. The largest absolute Gasteiger partial charge is 0.490 e. The Balaban J connectivity index is 1.86. The van der Waals surface area contributed by atoms with Crippen LogP contribution in [-0.2, 0) is 11.8 Å². The predicted molar refractivity (Wildman–Crippen MR) is 151 cm³/mol. The van der Waals surface area contributed by atoms with E-state index in [0.29, 0.717) is 37.7 Å². The van der Waals surface area contributed by atoms with Gasteiger partial charge in [-0.1, -0.05) is 27.7 Å². The molecule has 0 saturated carbocycles. The molecule has 11 heteroatoms. The van der Waals surface area contributed by atoms with Gasteiger partial charge in [0.2, 0.25) is 6.41 Å². The third-order valence-corrected chi connectivity index (χ3v) is 6.82. The van der Waals surface area contributed by atoms with Crippen LogP contribution < -0.4 is 15.7 Å². The Morgan fingerprint density at radius 3 is 2.33 bits per heavy atom. The molecule has 2 atom stereocenters. The fourth-order valence-corrected chi connectivity index (χ4v) is 4.94. The standard InChI is InChI=1S/C29H46FN5O5/c1-17(2)14-19(5)39-24-16-23(35-27(37)33(9)25(32-35)18(3)4)22(30)15-21(24)26(36)31-20-10-12-34(13-11-20)28(38)40-29(6,7)8/h15-20,28,38H,10-14H2,1-9H3,(H,31,36)/t19-,28?/m0/s1. The number of nitrogens with one attached hydrogen (secondary N) is 1. The number of aromatic nitrogens is 3. The zero-order valence-electron chi connectivity index (χ0n) is 25.3. The van der Waals surface area contributed by atoms with Crippen molar-refractivity contribution in [3.63, 3.8) is 0 Å². The minimum absolute atomic E-state index is 0.0404. The van der Waals surface area contributed by atoms with Crippen molar-refractivity contribution in [1.82, 2.24) is 24.6 Å². The maximum absolute atomic E-state index is 15.5. The molecule has 1 aromatic carbocycles. The second kappa shape index (κ2) is 12.8. The highest BCUT2D eigenvalue weighted by molar-refractivity contribution is 5.97. The summed E-state index contributed by atoms with van der Waals surface area (Å²) in [5.74, 6) is -0.188. The van der Waals surface area contributed by atoms with E-state index in [1.54, 1.807) is 7.05 Å². The van der Waals surface area contributed by atoms with Gasteiger partial charge in [-0.2, -0.15) is 4.68 Å². The van der Waals surface area contributed by atoms with Crippen molar-refractivity contribution in [2.24, 2.45) is 13.0 Å². The number of piperidine rings is 1. The fraction of sp³-hybridized carbons (Fsp3) is 0.690. The SMILES string of the molecule is CC(C)C[C@H](C)Oc1cc(-n2nc(C(C)C)n(C)c2=O)c(F)cc1C(=O)NC1CCN(C(O)OC(C)(C)C)CC1. The monoisotopic (exact) mass is 563 g/mol. The number of benzene rings is 1. The zero-order chi connectivity index (χ0) is 29.9. The lowest BCUT2D eigenvalue weighted by atomic mass is 10.0. The maximum Gasteiger partial charge on any atom is 0.350 e. The highest BCUT2D eigenvalue weighted by Gasteiger charge is 2.29. The van der Waals surface area contributed by atoms with Crippen LogP contribution >= 0.6 is 0 Å². The number of ether oxygens (including phenoxy) is 2. The van der Waals surface area contributed by atoms with Gasteiger partial charge in [-0.25, -0.2) is 9.18 Å². The minimum atomic E-state index is -1.02. The Kier molecular flexibility index (Phi) is 10.2. The number of carbonyl (C=O) groups excluding carboxylic acids is 1. The van der Waals surface area contributed by atoms with Crippen LogP contribution in [0.25, 0.3) is 5.69 Å². The summed E-state index contributed by atoms with van der Waals surface area (Å²) in [6.45, 7) is 16.5. The normalized spacial score (nSPS) is 16.9. The first-order chi connectivity index (χ1) is 18.6. The molecule has 10 nitrogen and oxygen atoms in total. The van der Waals surface area contributed by atoms with Crippen LogP contribution in [0.5, 0.6) is 5.75 Å². The molecule has 0 aliphatic carbocycles. The quantitative estimate of drug-likeness (QED) is 0.422. The molecule has 1 fully saturated rings. The lowest BCUT2D eigenvalue weighted by Gasteiger charge is -2.37. The molecule has 3 rings (SSSR count). The van der Waals surface area contributed by atoms with Gasteiger partial charge in [0.25, 0.3) is 5.91 Å². The smallest absolute Gasteiger partial charge is 0.350 e. The summed E-state index contributed by atoms with van der Waals surface area (Å²) < 4.78 is 29.7. The van der Waals surface area contributed by atoms with E-state index in [-0.39, 0.29) is 35.1 Å². The maximum atomic E-state index is 15.5. The second-order valence-electron chi connectivity index (χ2n) is 12.5. The van der Waals surface area contributed by atoms with Gasteiger partial charge in [-0.15, -0.1) is 5.10 Å². The van der Waals surface area contributed by atoms with Crippen molar-refractivity contribution in [3.05, 3.63) is 39.8 Å². The number of nitrogens with zero attached hydrogens (tertiary/aromatic N) is 4. The Morgan fingerprint density at radius 2 is 1.80 bits per heavy atom. The molecule has 2 N–H and O–H groups in total. The molecular weight excluding hydrogens is 517 g/mol. The van der Waals surface area contributed by atoms with E-state index < -0.39 is 29.4 Å². The molecule has 1 aliphatic heterocycles. The van der Waals surface area contributed by atoms with Crippen molar-refractivity contribution in [1.29, 1.82) is 0 Å². The summed E-state index contributed by atoms with van der Waals surface area (Å²) in [5, 5.41) is 17.7. The number of rotatable bonds is 10. The van der Waals surface area contributed by atoms with Gasteiger partial charge in [0.1, 0.15) is 23.1 Å². The summed E-state index contributed by atoms with van der Waals surface area (Å²) in [7, 11) is 1.60. The van der Waals surface area contributed by atoms with Crippen LogP contribution in [0.4, 0.5) is 4.39 Å². The Bertz CT molecular complexity index is 1220. The van der Waals surface area contributed by atoms with Crippen molar-refractivity contribution in [2.45, 2.75) is 105 Å². The summed E-state index contributed by atoms with van der Waals surface area (Å²) in [6, 6.07) is 2.35. The first-order valence-electron chi connectivity index (χ1n) is 14.1. The molecular formula is C29H46FN5O5. The van der Waals surface area contributed by atoms with E-state index in [4.69, 9.17) is 9.47 Å². The average Bonchev–Trinajstić information content (AvgIpc) is 3.13. The molecule has 1 aromatic heterocycles. The highest BCUT2D eigenvalue weighted by Crippen LogP contribution is 2.28. The van der Waals surface area contributed by atoms with Gasteiger partial charge in [0.05, 0.1) is 17.3 Å². The number of likely N-dealkylation sites (tertiary alicyclic amines) is 1. The van der Waals surface area contributed by atoms with Crippen LogP contribution in [0.1, 0.15) is 96.8 Å². The number of aliphatic hydroxyl groups is 1. The van der Waals surface area contributed by atoms with Gasteiger partial charge in [0.15, 0.2) is 0 Å². The third kappa shape index (κ3) is 7.92. The lowest BCUT2D eigenvalue weighted by Crippen LogP contribution is -2.50. The first kappa shape index (κ1) is 31.8. The molecule has 224 valence electrons. The van der Waals surface area contributed by atoms with E-state index in [1.165, 1.54) is 10.6 Å². The summed E-state index contributed by atoms with van der Waals surface area (Å²) in [5.41, 5.74) is -0.980. The Hall–Kier alpha value is -2.76. The van der Waals surface area contributed by atoms with E-state index in [9.17, 15) is 14.7 Å². The first-order valence-corrected chi connectivity index (χ1v) is 14.1. The number of halogens is 1. The molecule has 1 amide bonds. The number of aliphatic hydroxyl groups excluding tert-OH is 1. The van der Waals surface area contributed by atoms with Gasteiger partial charge in [-0.3, -0.25) is 14.3 Å². The second-order valence-corrected chi connectivity index (χ2v) is 12.5. The molecule has 1 aliphatic rings. The van der Waals surface area contributed by atoms with Crippen molar-refractivity contribution in [2.75, 3.05) is 13.1 Å². The number of carbonyl (C=O) groups is 1. The molecule has 2 heterocycles. The van der Waals surface area contributed by atoms with E-state index in [2.05, 4.69) is 24.3 Å². The Labute approximate surface area is 236 Å². The van der Waals surface area contributed by atoms with Crippen molar-refractivity contribution in [3.8, 4) is 11.4 Å². The lowest BCUT2D eigenvalue weighted by molar-refractivity contribution is -0.242. The molecule has 1 unspecified atom stereocenters. The highest BCUT2D eigenvalue weighted by atomic mass is 19.1. The summed E-state index contributed by atoms with van der Waals surface area (Å²) in [4.78, 5) is 28.1. The zero-order valence-corrected chi connectivity index (χ0v) is 25.3. The average molecular weight is 564 g/mol. The summed E-state index contributed by atoms with van der Waals surface area (Å²) >= 11 is 0. The third-order valence-electron chi connectivity index (χ3n) is 6.82. The van der Waals surface area contributed by atoms with Crippen LogP contribution in [0.2, 0.25) is 0 Å². The van der Waals surface area contributed by atoms with Gasteiger partial charge in [0, 0.05) is 38.2 Å². The van der Waals surface area contributed by atoms with Crippen LogP contribution in [0, 0.1) is 11.7 Å². The number of amides is 1. The van der Waals surface area contributed by atoms with E-state index >= 15 is 4.39 Å². The fourth-order valence-electron chi connectivity index (χ4n) is 4.94. The Morgan fingerprint density at radius 1 is 1.18 bits per heavy atom. The summed E-state index contributed by atoms with van der Waals surface area (Å²) in [6.07, 6.45) is 0.652. The van der Waals surface area contributed by atoms with Crippen LogP contribution in [0.15, 0.2) is 16.9 Å². The molecule has 2 aromatic rings. The topological polar surface area (TPSA) is 111 Å². The van der Waals surface area contributed by atoms with Crippen molar-refractivity contribution < 1.29 is 23.8 Å². The molecule has 0 spiro atoms. The van der Waals surface area contributed by atoms with Gasteiger partial charge >= 0.3 is 5.69 Å². The van der Waals surface area contributed by atoms with Crippen molar-refractivity contribution >= 4 is 5.91 Å². The van der Waals surface area contributed by atoms with Crippen LogP contribution in [-0.4, -0.2) is 67.5 Å². The molecule has 1 saturated heterocycles. The van der Waals surface area contributed by atoms with Crippen LogP contribution in [0.3, 0.4) is 0 Å². The predicted octanol–water partition coefficient (Wildman–Crippen LogP) is 3.93. The molecule has 40 heavy (non-hydrogen) atoms. The van der Waals surface area contributed by atoms with Gasteiger partial charge < -0.3 is 19.9 Å². The van der Waals surface area contributed by atoms with Gasteiger partial charge in [-0.05, 0) is 58.9 Å². The van der Waals surface area contributed by atoms with E-state index in [0.717, 1.165) is 17.2 Å².